The summed E-state index contributed by atoms with van der Waals surface area (Å²) in [6, 6.07) is 21.5. The fraction of sp³-hybridized carbons (Fsp3) is 0.0476. The molecule has 3 aromatic carbocycles. The van der Waals surface area contributed by atoms with Gasteiger partial charge in [-0.1, -0.05) is 24.3 Å². The van der Waals surface area contributed by atoms with Gasteiger partial charge in [-0.2, -0.15) is 0 Å². The van der Waals surface area contributed by atoms with Crippen LogP contribution >= 0.6 is 15.9 Å². The highest BCUT2D eigenvalue weighted by Crippen LogP contribution is 2.24. The molecule has 0 saturated heterocycles. The molecule has 0 aliphatic rings. The molecule has 4 nitrogen and oxygen atoms in total. The lowest BCUT2D eigenvalue weighted by atomic mass is 10.1. The van der Waals surface area contributed by atoms with Gasteiger partial charge in [0.05, 0.1) is 5.69 Å². The van der Waals surface area contributed by atoms with Crippen LogP contribution in [0, 0.1) is 6.92 Å². The van der Waals surface area contributed by atoms with Gasteiger partial charge < -0.3 is 10.6 Å². The first-order chi connectivity index (χ1) is 12.5. The van der Waals surface area contributed by atoms with E-state index >= 15 is 0 Å². The third-order valence-electron chi connectivity index (χ3n) is 3.81. The van der Waals surface area contributed by atoms with E-state index in [9.17, 15) is 9.59 Å². The van der Waals surface area contributed by atoms with Gasteiger partial charge in [0.25, 0.3) is 11.8 Å². The molecule has 0 fully saturated rings. The second kappa shape index (κ2) is 7.97. The maximum absolute atomic E-state index is 12.4. The number of carbonyl (C=O) groups excluding carboxylic acids is 2. The fourth-order valence-corrected chi connectivity index (χ4v) is 3.01. The molecule has 0 saturated carbocycles. The number of rotatable bonds is 4. The highest BCUT2D eigenvalue weighted by atomic mass is 79.9. The molecule has 26 heavy (non-hydrogen) atoms. The Morgan fingerprint density at radius 2 is 1.38 bits per heavy atom. The van der Waals surface area contributed by atoms with Crippen LogP contribution in [0.3, 0.4) is 0 Å². The first kappa shape index (κ1) is 17.9. The smallest absolute Gasteiger partial charge is 0.255 e. The second-order valence-electron chi connectivity index (χ2n) is 5.83. The molecular formula is C21H17BrN2O2. The molecule has 0 aromatic heterocycles. The van der Waals surface area contributed by atoms with Crippen molar-refractivity contribution >= 4 is 39.1 Å². The van der Waals surface area contributed by atoms with Gasteiger partial charge in [0.1, 0.15) is 0 Å². The lowest BCUT2D eigenvalue weighted by Gasteiger charge is -2.09. The SMILES string of the molecule is Cc1ccc(NC(=O)c2ccc(NC(=O)c3ccccc3)cc2)c(Br)c1. The zero-order chi connectivity index (χ0) is 18.5. The molecule has 5 heteroatoms. The molecule has 0 aliphatic heterocycles. The van der Waals surface area contributed by atoms with Gasteiger partial charge in [0.15, 0.2) is 0 Å². The third-order valence-corrected chi connectivity index (χ3v) is 4.47. The summed E-state index contributed by atoms with van der Waals surface area (Å²) in [6.45, 7) is 1.98. The summed E-state index contributed by atoms with van der Waals surface area (Å²) in [5.41, 5.74) is 3.54. The van der Waals surface area contributed by atoms with Gasteiger partial charge in [0.2, 0.25) is 0 Å². The van der Waals surface area contributed by atoms with Crippen molar-refractivity contribution in [3.05, 3.63) is 94.0 Å². The number of nitrogens with one attached hydrogen (secondary N) is 2. The summed E-state index contributed by atoms with van der Waals surface area (Å²) in [6.07, 6.45) is 0. The van der Waals surface area contributed by atoms with E-state index in [4.69, 9.17) is 0 Å². The average Bonchev–Trinajstić information content (AvgIpc) is 2.65. The molecule has 0 atom stereocenters. The number of amides is 2. The zero-order valence-corrected chi connectivity index (χ0v) is 15.7. The van der Waals surface area contributed by atoms with Gasteiger partial charge in [-0.25, -0.2) is 0 Å². The Morgan fingerprint density at radius 1 is 0.769 bits per heavy atom. The summed E-state index contributed by atoms with van der Waals surface area (Å²) in [4.78, 5) is 24.5. The predicted molar refractivity (Wildman–Crippen MR) is 108 cm³/mol. The van der Waals surface area contributed by atoms with Crippen LogP contribution in [0.25, 0.3) is 0 Å². The number of hydrogen-bond donors (Lipinski definition) is 2. The Balaban J connectivity index is 1.67. The molecule has 2 amide bonds. The molecule has 0 radical (unpaired) electrons. The van der Waals surface area contributed by atoms with E-state index in [0.717, 1.165) is 10.0 Å². The number of carbonyl (C=O) groups is 2. The van der Waals surface area contributed by atoms with E-state index in [1.54, 1.807) is 36.4 Å². The van der Waals surface area contributed by atoms with Crippen LogP contribution in [-0.2, 0) is 0 Å². The van der Waals surface area contributed by atoms with Crippen molar-refractivity contribution < 1.29 is 9.59 Å². The van der Waals surface area contributed by atoms with Crippen LogP contribution in [0.2, 0.25) is 0 Å². The van der Waals surface area contributed by atoms with E-state index < -0.39 is 0 Å². The summed E-state index contributed by atoms with van der Waals surface area (Å²) in [7, 11) is 0. The molecule has 0 heterocycles. The summed E-state index contributed by atoms with van der Waals surface area (Å²) < 4.78 is 0.831. The Morgan fingerprint density at radius 3 is 2.04 bits per heavy atom. The van der Waals surface area contributed by atoms with E-state index in [0.29, 0.717) is 22.5 Å². The molecule has 0 unspecified atom stereocenters. The molecule has 3 rings (SSSR count). The topological polar surface area (TPSA) is 58.2 Å². The van der Waals surface area contributed by atoms with Crippen molar-refractivity contribution in [3.8, 4) is 0 Å². The van der Waals surface area contributed by atoms with E-state index in [-0.39, 0.29) is 11.8 Å². The number of benzene rings is 3. The van der Waals surface area contributed by atoms with Gasteiger partial charge in [-0.15, -0.1) is 0 Å². The molecule has 2 N–H and O–H groups in total. The minimum absolute atomic E-state index is 0.189. The minimum atomic E-state index is -0.213. The largest absolute Gasteiger partial charge is 0.322 e. The second-order valence-corrected chi connectivity index (χ2v) is 6.69. The van der Waals surface area contributed by atoms with Gasteiger partial charge in [0, 0.05) is 21.3 Å². The maximum Gasteiger partial charge on any atom is 0.255 e. The van der Waals surface area contributed by atoms with Crippen LogP contribution in [0.1, 0.15) is 26.3 Å². The van der Waals surface area contributed by atoms with Crippen molar-refractivity contribution in [3.63, 3.8) is 0 Å². The number of hydrogen-bond acceptors (Lipinski definition) is 2. The average molecular weight is 409 g/mol. The zero-order valence-electron chi connectivity index (χ0n) is 14.1. The first-order valence-corrected chi connectivity index (χ1v) is 8.86. The van der Waals surface area contributed by atoms with Crippen molar-refractivity contribution in [1.29, 1.82) is 0 Å². The number of halogens is 1. The van der Waals surface area contributed by atoms with Crippen molar-refractivity contribution in [2.45, 2.75) is 6.92 Å². The van der Waals surface area contributed by atoms with Crippen LogP contribution in [0.5, 0.6) is 0 Å². The van der Waals surface area contributed by atoms with Crippen molar-refractivity contribution in [2.24, 2.45) is 0 Å². The predicted octanol–water partition coefficient (Wildman–Crippen LogP) is 5.26. The van der Waals surface area contributed by atoms with Crippen molar-refractivity contribution in [1.82, 2.24) is 0 Å². The fourth-order valence-electron chi connectivity index (χ4n) is 2.41. The molecular weight excluding hydrogens is 392 g/mol. The number of aryl methyl sites for hydroxylation is 1. The standard InChI is InChI=1S/C21H17BrN2O2/c1-14-7-12-19(18(22)13-14)24-21(26)16-8-10-17(11-9-16)23-20(25)15-5-3-2-4-6-15/h2-13H,1H3,(H,23,25)(H,24,26). The van der Waals surface area contributed by atoms with E-state index in [1.165, 1.54) is 0 Å². The van der Waals surface area contributed by atoms with Crippen LogP contribution in [0.15, 0.2) is 77.3 Å². The Labute approximate surface area is 160 Å². The first-order valence-electron chi connectivity index (χ1n) is 8.07. The lowest BCUT2D eigenvalue weighted by Crippen LogP contribution is -2.14. The molecule has 130 valence electrons. The van der Waals surface area contributed by atoms with Gasteiger partial charge in [-0.3, -0.25) is 9.59 Å². The van der Waals surface area contributed by atoms with Gasteiger partial charge >= 0.3 is 0 Å². The van der Waals surface area contributed by atoms with Crippen LogP contribution in [0.4, 0.5) is 11.4 Å². The van der Waals surface area contributed by atoms with Crippen LogP contribution < -0.4 is 10.6 Å². The number of anilines is 2. The summed E-state index contributed by atoms with van der Waals surface area (Å²) in [5, 5.41) is 5.68. The van der Waals surface area contributed by atoms with Crippen molar-refractivity contribution in [2.75, 3.05) is 10.6 Å². The lowest BCUT2D eigenvalue weighted by molar-refractivity contribution is 0.102. The monoisotopic (exact) mass is 408 g/mol. The molecule has 0 aliphatic carbocycles. The summed E-state index contributed by atoms with van der Waals surface area (Å²) >= 11 is 3.45. The molecule has 0 spiro atoms. The maximum atomic E-state index is 12.4. The van der Waals surface area contributed by atoms with Gasteiger partial charge in [-0.05, 0) is 76.9 Å². The Bertz CT molecular complexity index is 938. The Hall–Kier alpha value is -2.92. The normalized spacial score (nSPS) is 10.2. The highest BCUT2D eigenvalue weighted by molar-refractivity contribution is 9.10. The third kappa shape index (κ3) is 4.37. The van der Waals surface area contributed by atoms with E-state index in [2.05, 4.69) is 26.6 Å². The quantitative estimate of drug-likeness (QED) is 0.618. The summed E-state index contributed by atoms with van der Waals surface area (Å²) in [5.74, 6) is -0.401. The van der Waals surface area contributed by atoms with E-state index in [1.807, 2.05) is 43.3 Å². The molecule has 0 bridgehead atoms. The highest BCUT2D eigenvalue weighted by Gasteiger charge is 2.10. The Kier molecular flexibility index (Phi) is 5.49. The van der Waals surface area contributed by atoms with Crippen LogP contribution in [-0.4, -0.2) is 11.8 Å². The molecule has 3 aromatic rings. The minimum Gasteiger partial charge on any atom is -0.322 e.